The van der Waals surface area contributed by atoms with E-state index in [2.05, 4.69) is 10.2 Å². The van der Waals surface area contributed by atoms with Gasteiger partial charge in [0.2, 0.25) is 5.91 Å². The molecule has 1 fully saturated rings. The molecule has 108 valence electrons. The van der Waals surface area contributed by atoms with Crippen molar-refractivity contribution in [3.63, 3.8) is 0 Å². The third-order valence-electron chi connectivity index (χ3n) is 3.91. The summed E-state index contributed by atoms with van der Waals surface area (Å²) in [5.41, 5.74) is 8.20. The largest absolute Gasteiger partial charge is 0.367 e. The number of amides is 1. The molecule has 0 bridgehead atoms. The molecule has 6 nitrogen and oxygen atoms in total. The number of nitrogens with zero attached hydrogens (tertiary/aromatic N) is 1. The summed E-state index contributed by atoms with van der Waals surface area (Å²) in [5.74, 6) is 0.127. The van der Waals surface area contributed by atoms with Crippen LogP contribution in [0.3, 0.4) is 0 Å². The van der Waals surface area contributed by atoms with Gasteiger partial charge in [0.15, 0.2) is 9.84 Å². The minimum Gasteiger partial charge on any atom is -0.367 e. The van der Waals surface area contributed by atoms with Gasteiger partial charge in [-0.25, -0.2) is 8.42 Å². The van der Waals surface area contributed by atoms with Crippen molar-refractivity contribution in [2.24, 2.45) is 5.73 Å². The number of carbonyl (C=O) groups is 1. The molecule has 1 aromatic rings. The molecule has 2 unspecified atom stereocenters. The van der Waals surface area contributed by atoms with E-state index in [0.717, 1.165) is 16.9 Å². The molecule has 0 aromatic heterocycles. The lowest BCUT2D eigenvalue weighted by atomic mass is 10.1. The number of anilines is 2. The molecule has 0 spiro atoms. The topological polar surface area (TPSA) is 92.5 Å². The van der Waals surface area contributed by atoms with E-state index in [4.69, 9.17) is 5.73 Å². The van der Waals surface area contributed by atoms with E-state index in [1.54, 1.807) is 0 Å². The van der Waals surface area contributed by atoms with Crippen molar-refractivity contribution >= 4 is 27.1 Å². The van der Waals surface area contributed by atoms with E-state index in [1.807, 2.05) is 25.1 Å². The first-order valence-corrected chi connectivity index (χ1v) is 8.37. The average molecular weight is 295 g/mol. The Balaban J connectivity index is 1.90. The number of hydrogen-bond donors (Lipinski definition) is 2. The Morgan fingerprint density at radius 1 is 1.40 bits per heavy atom. The lowest BCUT2D eigenvalue weighted by Crippen LogP contribution is -2.47. The third kappa shape index (κ3) is 2.16. The number of nitrogens with two attached hydrogens (primary N) is 1. The summed E-state index contributed by atoms with van der Waals surface area (Å²) in [5, 5.41) is 2.75. The van der Waals surface area contributed by atoms with Gasteiger partial charge in [0.25, 0.3) is 0 Å². The molecule has 1 saturated heterocycles. The van der Waals surface area contributed by atoms with Crippen LogP contribution in [0.1, 0.15) is 18.5 Å². The van der Waals surface area contributed by atoms with E-state index in [0.29, 0.717) is 6.54 Å². The van der Waals surface area contributed by atoms with E-state index < -0.39 is 15.9 Å². The van der Waals surface area contributed by atoms with Gasteiger partial charge in [0.1, 0.15) is 6.04 Å². The quantitative estimate of drug-likeness (QED) is 0.775. The van der Waals surface area contributed by atoms with Gasteiger partial charge in [-0.05, 0) is 19.1 Å². The molecule has 0 saturated carbocycles. The fourth-order valence-corrected chi connectivity index (χ4v) is 4.39. The van der Waals surface area contributed by atoms with Gasteiger partial charge >= 0.3 is 0 Å². The Hall–Kier alpha value is -1.60. The van der Waals surface area contributed by atoms with Gasteiger partial charge in [-0.1, -0.05) is 6.07 Å². The Morgan fingerprint density at radius 2 is 2.15 bits per heavy atom. The highest BCUT2D eigenvalue weighted by Crippen LogP contribution is 2.33. The summed E-state index contributed by atoms with van der Waals surface area (Å²) in [6.45, 7) is 2.37. The van der Waals surface area contributed by atoms with Gasteiger partial charge < -0.3 is 16.0 Å². The first-order chi connectivity index (χ1) is 9.37. The lowest BCUT2D eigenvalue weighted by Gasteiger charge is -2.35. The molecule has 2 aliphatic heterocycles. The number of sulfone groups is 1. The van der Waals surface area contributed by atoms with Crippen molar-refractivity contribution in [2.45, 2.75) is 19.0 Å². The first kappa shape index (κ1) is 13.4. The summed E-state index contributed by atoms with van der Waals surface area (Å²) in [4.78, 5) is 13.6. The van der Waals surface area contributed by atoms with Crippen molar-refractivity contribution in [3.05, 3.63) is 23.8 Å². The summed E-state index contributed by atoms with van der Waals surface area (Å²) in [6.07, 6.45) is 0. The zero-order chi connectivity index (χ0) is 14.5. The fraction of sp³-hybridized carbons (Fsp3) is 0.462. The predicted molar refractivity (Wildman–Crippen MR) is 77.5 cm³/mol. The minimum atomic E-state index is -2.93. The lowest BCUT2D eigenvalue weighted by molar-refractivity contribution is -0.116. The SMILES string of the molecule is CC1CS(=O)(=O)CCN1c1ccc2c(c1)NC(=O)C2N. The second kappa shape index (κ2) is 4.46. The third-order valence-corrected chi connectivity index (χ3v) is 5.71. The van der Waals surface area contributed by atoms with Crippen molar-refractivity contribution < 1.29 is 13.2 Å². The Labute approximate surface area is 117 Å². The number of fused-ring (bicyclic) bond motifs is 1. The number of nitrogens with one attached hydrogen (secondary N) is 1. The molecule has 1 amide bonds. The summed E-state index contributed by atoms with van der Waals surface area (Å²) in [7, 11) is -2.93. The zero-order valence-corrected chi connectivity index (χ0v) is 12.0. The monoisotopic (exact) mass is 295 g/mol. The van der Waals surface area contributed by atoms with Crippen molar-refractivity contribution in [3.8, 4) is 0 Å². The molecule has 3 rings (SSSR count). The molecular weight excluding hydrogens is 278 g/mol. The highest BCUT2D eigenvalue weighted by molar-refractivity contribution is 7.91. The number of carbonyl (C=O) groups excluding carboxylic acids is 1. The predicted octanol–water partition coefficient (Wildman–Crippen LogP) is 0.262. The van der Waals surface area contributed by atoms with Crippen LogP contribution in [-0.4, -0.2) is 38.4 Å². The highest BCUT2D eigenvalue weighted by atomic mass is 32.2. The number of rotatable bonds is 1. The first-order valence-electron chi connectivity index (χ1n) is 6.55. The Kier molecular flexibility index (Phi) is 2.98. The normalized spacial score (nSPS) is 28.1. The van der Waals surface area contributed by atoms with Crippen molar-refractivity contribution in [1.82, 2.24) is 0 Å². The van der Waals surface area contributed by atoms with Crippen LogP contribution in [0.4, 0.5) is 11.4 Å². The van der Waals surface area contributed by atoms with E-state index >= 15 is 0 Å². The molecule has 0 radical (unpaired) electrons. The van der Waals surface area contributed by atoms with Crippen LogP contribution in [0.25, 0.3) is 0 Å². The second-order valence-electron chi connectivity index (χ2n) is 5.40. The maximum atomic E-state index is 11.6. The van der Waals surface area contributed by atoms with Crippen LogP contribution in [-0.2, 0) is 14.6 Å². The van der Waals surface area contributed by atoms with Gasteiger partial charge in [-0.2, -0.15) is 0 Å². The molecular formula is C13H17N3O3S. The summed E-state index contributed by atoms with van der Waals surface area (Å²) in [6, 6.07) is 4.92. The van der Waals surface area contributed by atoms with Gasteiger partial charge in [0.05, 0.1) is 11.5 Å². The van der Waals surface area contributed by atoms with Crippen molar-refractivity contribution in [1.29, 1.82) is 0 Å². The maximum Gasteiger partial charge on any atom is 0.245 e. The number of hydrogen-bond acceptors (Lipinski definition) is 5. The highest BCUT2D eigenvalue weighted by Gasteiger charge is 2.31. The molecule has 2 aliphatic rings. The van der Waals surface area contributed by atoms with E-state index in [9.17, 15) is 13.2 Å². The van der Waals surface area contributed by atoms with Crippen LogP contribution in [0.15, 0.2) is 18.2 Å². The fourth-order valence-electron chi connectivity index (χ4n) is 2.84. The standard InChI is InChI=1S/C13H17N3O3S/c1-8-7-20(18,19)5-4-16(8)9-2-3-10-11(6-9)15-13(17)12(10)14/h2-3,6,8,12H,4-5,7,14H2,1H3,(H,15,17). The molecule has 1 aromatic carbocycles. The van der Waals surface area contributed by atoms with Crippen molar-refractivity contribution in [2.75, 3.05) is 28.3 Å². The van der Waals surface area contributed by atoms with Gasteiger partial charge in [-0.3, -0.25) is 4.79 Å². The minimum absolute atomic E-state index is 0.0717. The molecule has 0 aliphatic carbocycles. The molecule has 2 atom stereocenters. The maximum absolute atomic E-state index is 11.6. The van der Waals surface area contributed by atoms with Crippen LogP contribution < -0.4 is 16.0 Å². The molecule has 20 heavy (non-hydrogen) atoms. The summed E-state index contributed by atoms with van der Waals surface area (Å²) >= 11 is 0. The average Bonchev–Trinajstić information content (AvgIpc) is 2.63. The van der Waals surface area contributed by atoms with E-state index in [-0.39, 0.29) is 23.5 Å². The van der Waals surface area contributed by atoms with Crippen LogP contribution in [0.2, 0.25) is 0 Å². The van der Waals surface area contributed by atoms with E-state index in [1.165, 1.54) is 0 Å². The van der Waals surface area contributed by atoms with Crippen LogP contribution >= 0.6 is 0 Å². The Bertz CT molecular complexity index is 671. The smallest absolute Gasteiger partial charge is 0.245 e. The molecule has 3 N–H and O–H groups in total. The van der Waals surface area contributed by atoms with Crippen LogP contribution in [0, 0.1) is 0 Å². The Morgan fingerprint density at radius 3 is 2.85 bits per heavy atom. The zero-order valence-electron chi connectivity index (χ0n) is 11.2. The van der Waals surface area contributed by atoms with Gasteiger partial charge in [0, 0.05) is 29.5 Å². The van der Waals surface area contributed by atoms with Gasteiger partial charge in [-0.15, -0.1) is 0 Å². The molecule has 7 heteroatoms. The van der Waals surface area contributed by atoms with Crippen LogP contribution in [0.5, 0.6) is 0 Å². The molecule has 2 heterocycles. The second-order valence-corrected chi connectivity index (χ2v) is 7.62. The summed E-state index contributed by atoms with van der Waals surface area (Å²) < 4.78 is 23.2. The number of benzene rings is 1.